The highest BCUT2D eigenvalue weighted by molar-refractivity contribution is 5.70. The smallest absolute Gasteiger partial charge is 0.411 e. The van der Waals surface area contributed by atoms with Gasteiger partial charge in [0.05, 0.1) is 6.07 Å². The van der Waals surface area contributed by atoms with Crippen molar-refractivity contribution in [2.24, 2.45) is 0 Å². The van der Waals surface area contributed by atoms with Gasteiger partial charge >= 0.3 is 6.09 Å². The van der Waals surface area contributed by atoms with Crippen LogP contribution in [0.2, 0.25) is 0 Å². The van der Waals surface area contributed by atoms with Crippen LogP contribution < -0.4 is 0 Å². The van der Waals surface area contributed by atoms with E-state index in [2.05, 4.69) is 13.0 Å². The van der Waals surface area contributed by atoms with Crippen LogP contribution in [0.1, 0.15) is 103 Å². The fourth-order valence-electron chi connectivity index (χ4n) is 4.64. The Morgan fingerprint density at radius 1 is 1.10 bits per heavy atom. The minimum absolute atomic E-state index is 0.0419. The van der Waals surface area contributed by atoms with Crippen molar-refractivity contribution in [3.63, 3.8) is 0 Å². The van der Waals surface area contributed by atoms with E-state index in [0.717, 1.165) is 44.1 Å². The second kappa shape index (κ2) is 13.3. The third kappa shape index (κ3) is 7.35. The van der Waals surface area contributed by atoms with Crippen molar-refractivity contribution in [1.29, 1.82) is 5.26 Å². The van der Waals surface area contributed by atoms with Gasteiger partial charge in [-0.05, 0) is 38.2 Å². The molecule has 0 aromatic heterocycles. The third-order valence-corrected chi connectivity index (χ3v) is 6.42. The van der Waals surface area contributed by atoms with Gasteiger partial charge in [0.25, 0.3) is 0 Å². The summed E-state index contributed by atoms with van der Waals surface area (Å²) in [5, 5.41) is 10.1. The summed E-state index contributed by atoms with van der Waals surface area (Å²) in [6.07, 6.45) is 14.4. The Labute approximate surface area is 183 Å². The number of amides is 1. The van der Waals surface area contributed by atoms with Gasteiger partial charge < -0.3 is 4.74 Å². The lowest BCUT2D eigenvalue weighted by Crippen LogP contribution is -2.57. The molecule has 1 amide bonds. The van der Waals surface area contributed by atoms with E-state index in [1.165, 1.54) is 44.9 Å². The Morgan fingerprint density at radius 3 is 2.37 bits per heavy atom. The molecule has 1 aliphatic heterocycles. The van der Waals surface area contributed by atoms with Gasteiger partial charge in [-0.1, -0.05) is 95.0 Å². The lowest BCUT2D eigenvalue weighted by molar-refractivity contribution is 0.0171. The summed E-state index contributed by atoms with van der Waals surface area (Å²) < 4.78 is 5.62. The topological polar surface area (TPSA) is 53.3 Å². The van der Waals surface area contributed by atoms with E-state index in [4.69, 9.17) is 4.74 Å². The number of nitrogens with zero attached hydrogens (tertiary/aromatic N) is 2. The highest BCUT2D eigenvalue weighted by Crippen LogP contribution is 2.36. The van der Waals surface area contributed by atoms with E-state index in [1.807, 2.05) is 37.3 Å². The fourth-order valence-corrected chi connectivity index (χ4v) is 4.64. The molecule has 2 rings (SSSR count). The first-order chi connectivity index (χ1) is 14.6. The molecular formula is C26H40N2O2. The molecule has 0 bridgehead atoms. The van der Waals surface area contributed by atoms with Crippen molar-refractivity contribution in [1.82, 2.24) is 4.90 Å². The summed E-state index contributed by atoms with van der Waals surface area (Å²) in [7, 11) is 0. The van der Waals surface area contributed by atoms with E-state index in [-0.39, 0.29) is 18.7 Å². The molecule has 166 valence electrons. The van der Waals surface area contributed by atoms with Crippen molar-refractivity contribution < 1.29 is 9.53 Å². The number of ether oxygens (including phenoxy) is 1. The summed E-state index contributed by atoms with van der Waals surface area (Å²) in [6.45, 7) is 4.55. The standard InChI is InChI=1S/C26H40N2O2/c1-3-4-5-6-7-8-9-10-14-19-26(22-27)20-15-16-23(2)28(26)25(29)30-21-24-17-12-11-13-18-24/h11-13,17-18,23H,3-10,14-16,19-21H2,1-2H3/t23-,26-/m0/s1. The number of unbranched alkanes of at least 4 members (excludes halogenated alkanes) is 8. The van der Waals surface area contributed by atoms with Gasteiger partial charge in [0.15, 0.2) is 0 Å². The molecule has 0 radical (unpaired) electrons. The van der Waals surface area contributed by atoms with Crippen LogP contribution >= 0.6 is 0 Å². The van der Waals surface area contributed by atoms with Crippen LogP contribution in [0.4, 0.5) is 4.79 Å². The molecule has 30 heavy (non-hydrogen) atoms. The number of piperidine rings is 1. The number of carbonyl (C=O) groups excluding carboxylic acids is 1. The third-order valence-electron chi connectivity index (χ3n) is 6.42. The number of nitriles is 1. The first-order valence-corrected chi connectivity index (χ1v) is 12.0. The van der Waals surface area contributed by atoms with Crippen LogP contribution in [0.3, 0.4) is 0 Å². The van der Waals surface area contributed by atoms with Gasteiger partial charge in [0, 0.05) is 6.04 Å². The Hall–Kier alpha value is -2.02. The lowest BCUT2D eigenvalue weighted by Gasteiger charge is -2.45. The number of hydrogen-bond acceptors (Lipinski definition) is 3. The zero-order chi connectivity index (χ0) is 21.7. The zero-order valence-corrected chi connectivity index (χ0v) is 19.1. The minimum Gasteiger partial charge on any atom is -0.445 e. The molecule has 2 atom stereocenters. The van der Waals surface area contributed by atoms with E-state index in [1.54, 1.807) is 4.90 Å². The quantitative estimate of drug-likeness (QED) is 0.336. The van der Waals surface area contributed by atoms with Gasteiger partial charge in [0.1, 0.15) is 12.1 Å². The Bertz CT molecular complexity index is 655. The maximum absolute atomic E-state index is 13.0. The Kier molecular flexibility index (Phi) is 10.8. The van der Waals surface area contributed by atoms with Crippen molar-refractivity contribution in [3.8, 4) is 6.07 Å². The van der Waals surface area contributed by atoms with Crippen LogP contribution in [0, 0.1) is 11.3 Å². The largest absolute Gasteiger partial charge is 0.445 e. The predicted molar refractivity (Wildman–Crippen MR) is 122 cm³/mol. The molecule has 0 aliphatic carbocycles. The molecule has 1 heterocycles. The Balaban J connectivity index is 1.84. The summed E-state index contributed by atoms with van der Waals surface area (Å²) in [5.74, 6) is 0. The highest BCUT2D eigenvalue weighted by Gasteiger charge is 2.45. The molecule has 0 unspecified atom stereocenters. The number of benzene rings is 1. The molecule has 1 aromatic carbocycles. The first-order valence-electron chi connectivity index (χ1n) is 12.0. The Morgan fingerprint density at radius 2 is 1.73 bits per heavy atom. The average molecular weight is 413 g/mol. The van der Waals surface area contributed by atoms with Crippen molar-refractivity contribution >= 4 is 6.09 Å². The maximum atomic E-state index is 13.0. The molecule has 1 aliphatic rings. The normalized spacial score (nSPS) is 21.2. The molecule has 1 fully saturated rings. The summed E-state index contributed by atoms with van der Waals surface area (Å²) in [6, 6.07) is 12.3. The summed E-state index contributed by atoms with van der Waals surface area (Å²) >= 11 is 0. The fraction of sp³-hybridized carbons (Fsp3) is 0.692. The van der Waals surface area contributed by atoms with Crippen molar-refractivity contribution in [2.75, 3.05) is 0 Å². The molecule has 0 spiro atoms. The molecule has 0 saturated carbocycles. The minimum atomic E-state index is -0.716. The molecule has 0 N–H and O–H groups in total. The maximum Gasteiger partial charge on any atom is 0.411 e. The van der Waals surface area contributed by atoms with Crippen LogP contribution in [-0.4, -0.2) is 22.6 Å². The van der Waals surface area contributed by atoms with Crippen LogP contribution in [-0.2, 0) is 11.3 Å². The highest BCUT2D eigenvalue weighted by atomic mass is 16.6. The van der Waals surface area contributed by atoms with Gasteiger partial charge in [-0.3, -0.25) is 4.90 Å². The number of hydrogen-bond donors (Lipinski definition) is 0. The molecule has 4 heteroatoms. The number of carbonyl (C=O) groups is 1. The van der Waals surface area contributed by atoms with E-state index >= 15 is 0 Å². The van der Waals surface area contributed by atoms with Gasteiger partial charge in [-0.15, -0.1) is 0 Å². The van der Waals surface area contributed by atoms with Crippen molar-refractivity contribution in [2.45, 2.75) is 116 Å². The predicted octanol–water partition coefficient (Wildman–Crippen LogP) is 7.38. The second-order valence-electron chi connectivity index (χ2n) is 8.87. The average Bonchev–Trinajstić information content (AvgIpc) is 2.77. The number of likely N-dealkylation sites (tertiary alicyclic amines) is 1. The summed E-state index contributed by atoms with van der Waals surface area (Å²) in [4.78, 5) is 14.7. The monoisotopic (exact) mass is 412 g/mol. The van der Waals surface area contributed by atoms with Crippen LogP contribution in [0.15, 0.2) is 30.3 Å². The van der Waals surface area contributed by atoms with Crippen LogP contribution in [0.5, 0.6) is 0 Å². The van der Waals surface area contributed by atoms with Crippen molar-refractivity contribution in [3.05, 3.63) is 35.9 Å². The second-order valence-corrected chi connectivity index (χ2v) is 8.87. The molecular weight excluding hydrogens is 372 g/mol. The van der Waals surface area contributed by atoms with Crippen LogP contribution in [0.25, 0.3) is 0 Å². The van der Waals surface area contributed by atoms with E-state index < -0.39 is 5.54 Å². The van der Waals surface area contributed by atoms with Gasteiger partial charge in [-0.2, -0.15) is 5.26 Å². The summed E-state index contributed by atoms with van der Waals surface area (Å²) in [5.41, 5.74) is 0.254. The zero-order valence-electron chi connectivity index (χ0n) is 19.1. The molecule has 1 saturated heterocycles. The van der Waals surface area contributed by atoms with E-state index in [0.29, 0.717) is 0 Å². The van der Waals surface area contributed by atoms with Gasteiger partial charge in [-0.25, -0.2) is 4.79 Å². The first kappa shape index (κ1) is 24.3. The molecule has 4 nitrogen and oxygen atoms in total. The molecule has 1 aromatic rings. The SMILES string of the molecule is CCCCCCCCCCC[C@@]1(C#N)CCC[C@H](C)N1C(=O)OCc1ccccc1. The van der Waals surface area contributed by atoms with Gasteiger partial charge in [0.2, 0.25) is 0 Å². The lowest BCUT2D eigenvalue weighted by atomic mass is 9.81. The number of rotatable bonds is 12. The van der Waals surface area contributed by atoms with E-state index in [9.17, 15) is 10.1 Å².